The minimum atomic E-state index is -0.859. The van der Waals surface area contributed by atoms with Crippen molar-refractivity contribution in [2.45, 2.75) is 51.4 Å². The van der Waals surface area contributed by atoms with E-state index in [1.165, 1.54) is 6.33 Å². The molecule has 5 rings (SSSR count). The summed E-state index contributed by atoms with van der Waals surface area (Å²) in [5, 5.41) is 13.7. The lowest BCUT2D eigenvalue weighted by molar-refractivity contribution is 0.0468. The van der Waals surface area contributed by atoms with Crippen LogP contribution in [0.2, 0.25) is 5.02 Å². The number of nitriles is 1. The van der Waals surface area contributed by atoms with Gasteiger partial charge in [0.2, 0.25) is 6.17 Å². The topological polar surface area (TPSA) is 125 Å². The minimum Gasteiger partial charge on any atom is -0.444 e. The summed E-state index contributed by atoms with van der Waals surface area (Å²) < 4.78 is 7.48. The number of aromatic nitrogens is 4. The fraction of sp³-hybridized carbons (Fsp3) is 0.407. The van der Waals surface area contributed by atoms with Crippen molar-refractivity contribution in [1.82, 2.24) is 29.7 Å². The first-order chi connectivity index (χ1) is 18.5. The van der Waals surface area contributed by atoms with E-state index in [2.05, 4.69) is 31.2 Å². The molecule has 2 aliphatic heterocycles. The number of anilines is 1. The SMILES string of the molecule is Cn1c(C2=C(N3CC[C@](C)(NC(=O)OC(C)(C)C)C3)N(c3ccncn3)C(C#N)N=C2)nc2c(Cl)cccc21. The maximum Gasteiger partial charge on any atom is 0.408 e. The smallest absolute Gasteiger partial charge is 0.408 e. The summed E-state index contributed by atoms with van der Waals surface area (Å²) in [6, 6.07) is 9.65. The van der Waals surface area contributed by atoms with Crippen LogP contribution in [0.3, 0.4) is 0 Å². The van der Waals surface area contributed by atoms with Crippen LogP contribution < -0.4 is 10.2 Å². The molecule has 1 N–H and O–H groups in total. The molecule has 1 aromatic carbocycles. The highest BCUT2D eigenvalue weighted by atomic mass is 35.5. The van der Waals surface area contributed by atoms with E-state index >= 15 is 0 Å². The van der Waals surface area contributed by atoms with Gasteiger partial charge in [-0.25, -0.2) is 19.7 Å². The molecule has 1 amide bonds. The zero-order valence-corrected chi connectivity index (χ0v) is 23.3. The average Bonchev–Trinajstić information content (AvgIpc) is 3.43. The Morgan fingerprint density at radius 1 is 1.31 bits per heavy atom. The molecular formula is C27H30ClN9O2. The molecule has 2 aliphatic rings. The van der Waals surface area contributed by atoms with E-state index in [1.807, 2.05) is 51.4 Å². The van der Waals surface area contributed by atoms with Crippen LogP contribution in [0.1, 0.15) is 39.9 Å². The third-order valence-electron chi connectivity index (χ3n) is 6.67. The number of fused-ring (bicyclic) bond motifs is 1. The first kappa shape index (κ1) is 26.4. The summed E-state index contributed by atoms with van der Waals surface area (Å²) in [5.41, 5.74) is 1.05. The van der Waals surface area contributed by atoms with Gasteiger partial charge in [0.05, 0.1) is 21.7 Å². The fourth-order valence-electron chi connectivity index (χ4n) is 4.96. The molecule has 3 aromatic rings. The van der Waals surface area contributed by atoms with Crippen LogP contribution in [0.15, 0.2) is 47.6 Å². The number of amides is 1. The Morgan fingerprint density at radius 3 is 2.77 bits per heavy atom. The molecule has 0 saturated carbocycles. The van der Waals surface area contributed by atoms with Crippen molar-refractivity contribution in [1.29, 1.82) is 5.26 Å². The number of carbonyl (C=O) groups excluding carboxylic acids is 1. The third-order valence-corrected chi connectivity index (χ3v) is 6.97. The number of halogens is 1. The van der Waals surface area contributed by atoms with E-state index in [0.717, 1.165) is 5.52 Å². The number of nitrogens with one attached hydrogen (secondary N) is 1. The van der Waals surface area contributed by atoms with Gasteiger partial charge in [-0.3, -0.25) is 9.89 Å². The maximum absolute atomic E-state index is 12.7. The van der Waals surface area contributed by atoms with Crippen LogP contribution in [0.4, 0.5) is 10.6 Å². The zero-order chi connectivity index (χ0) is 27.9. The number of para-hydroxylation sites is 1. The largest absolute Gasteiger partial charge is 0.444 e. The first-order valence-electron chi connectivity index (χ1n) is 12.6. The van der Waals surface area contributed by atoms with Crippen LogP contribution >= 0.6 is 11.6 Å². The van der Waals surface area contributed by atoms with Crippen LogP contribution in [-0.4, -0.2) is 67.1 Å². The van der Waals surface area contributed by atoms with Crippen LogP contribution in [-0.2, 0) is 11.8 Å². The Kier molecular flexibility index (Phi) is 6.68. The summed E-state index contributed by atoms with van der Waals surface area (Å²) in [6.45, 7) is 8.55. The van der Waals surface area contributed by atoms with Gasteiger partial charge in [0, 0.05) is 32.5 Å². The van der Waals surface area contributed by atoms with Crippen molar-refractivity contribution in [3.63, 3.8) is 0 Å². The molecular weight excluding hydrogens is 518 g/mol. The number of hydrogen-bond acceptors (Lipinski definition) is 9. The van der Waals surface area contributed by atoms with Crippen molar-refractivity contribution in [2.75, 3.05) is 18.0 Å². The lowest BCUT2D eigenvalue weighted by Gasteiger charge is -2.38. The summed E-state index contributed by atoms with van der Waals surface area (Å²) in [5.74, 6) is 1.87. The predicted octanol–water partition coefficient (Wildman–Crippen LogP) is 4.12. The first-order valence-corrected chi connectivity index (χ1v) is 13.0. The summed E-state index contributed by atoms with van der Waals surface area (Å²) >= 11 is 6.49. The molecule has 202 valence electrons. The highest BCUT2D eigenvalue weighted by Crippen LogP contribution is 2.37. The molecule has 11 nitrogen and oxygen atoms in total. The number of likely N-dealkylation sites (tertiary alicyclic amines) is 1. The lowest BCUT2D eigenvalue weighted by Crippen LogP contribution is -2.51. The van der Waals surface area contributed by atoms with Crippen molar-refractivity contribution in [3.8, 4) is 6.07 Å². The number of allylic oxidation sites excluding steroid dienone is 1. The minimum absolute atomic E-state index is 0.462. The Balaban J connectivity index is 1.63. The monoisotopic (exact) mass is 547 g/mol. The average molecular weight is 548 g/mol. The van der Waals surface area contributed by atoms with Crippen LogP contribution in [0.5, 0.6) is 0 Å². The van der Waals surface area contributed by atoms with Gasteiger partial charge in [-0.05, 0) is 52.3 Å². The molecule has 4 heterocycles. The number of hydrogen-bond donors (Lipinski definition) is 1. The predicted molar refractivity (Wildman–Crippen MR) is 149 cm³/mol. The van der Waals surface area contributed by atoms with Gasteiger partial charge in [-0.1, -0.05) is 17.7 Å². The maximum atomic E-state index is 12.7. The normalized spacial score (nSPS) is 21.4. The Labute approximate surface area is 231 Å². The number of rotatable bonds is 4. The van der Waals surface area contributed by atoms with Gasteiger partial charge in [0.15, 0.2) is 0 Å². The van der Waals surface area contributed by atoms with Crippen LogP contribution in [0, 0.1) is 11.3 Å². The highest BCUT2D eigenvalue weighted by Gasteiger charge is 2.42. The molecule has 0 radical (unpaired) electrons. The molecule has 0 aliphatic carbocycles. The zero-order valence-electron chi connectivity index (χ0n) is 22.5. The number of ether oxygens (including phenoxy) is 1. The van der Waals surface area contributed by atoms with Gasteiger partial charge in [0.25, 0.3) is 0 Å². The number of imidazole rings is 1. The van der Waals surface area contributed by atoms with Gasteiger partial charge < -0.3 is 19.5 Å². The van der Waals surface area contributed by atoms with E-state index < -0.39 is 23.4 Å². The van der Waals surface area contributed by atoms with Gasteiger partial charge in [0.1, 0.15) is 41.0 Å². The van der Waals surface area contributed by atoms with Gasteiger partial charge in [-0.2, -0.15) is 5.26 Å². The summed E-state index contributed by atoms with van der Waals surface area (Å²) in [7, 11) is 1.92. The number of carbonyl (C=O) groups is 1. The number of aryl methyl sites for hydroxylation is 1. The standard InChI is InChI=1S/C27H30ClN9O2/c1-26(2,3)39-25(38)34-27(4)10-12-36(15-27)24-17(23-33-22-18(28)7-6-8-19(22)35(23)5)14-31-21(13-29)37(24)20-9-11-30-16-32-20/h6-9,11,14,16,21H,10,12,15H2,1-5H3,(H,34,38)/t21?,27-/m0/s1. The molecule has 2 atom stereocenters. The van der Waals surface area contributed by atoms with Crippen LogP contribution in [0.25, 0.3) is 16.6 Å². The highest BCUT2D eigenvalue weighted by molar-refractivity contribution is 6.35. The molecule has 39 heavy (non-hydrogen) atoms. The second-order valence-corrected chi connectivity index (χ2v) is 11.3. The Morgan fingerprint density at radius 2 is 2.10 bits per heavy atom. The Hall–Kier alpha value is -4.17. The van der Waals surface area contributed by atoms with E-state index in [-0.39, 0.29) is 0 Å². The number of alkyl carbamates (subject to hydrolysis) is 1. The molecule has 1 unspecified atom stereocenters. The van der Waals surface area contributed by atoms with E-state index in [0.29, 0.717) is 53.1 Å². The number of nitrogens with zero attached hydrogens (tertiary/aromatic N) is 8. The molecule has 0 spiro atoms. The van der Waals surface area contributed by atoms with Gasteiger partial charge in [-0.15, -0.1) is 0 Å². The molecule has 2 aromatic heterocycles. The molecule has 1 saturated heterocycles. The quantitative estimate of drug-likeness (QED) is 0.517. The molecule has 12 heteroatoms. The summed E-state index contributed by atoms with van der Waals surface area (Å²) in [6.07, 6.45) is 4.07. The van der Waals surface area contributed by atoms with E-state index in [9.17, 15) is 10.1 Å². The van der Waals surface area contributed by atoms with Gasteiger partial charge >= 0.3 is 6.09 Å². The molecule has 1 fully saturated rings. The van der Waals surface area contributed by atoms with Crippen molar-refractivity contribution in [3.05, 3.63) is 53.5 Å². The number of aliphatic imine (C=N–C) groups is 1. The Bertz CT molecular complexity index is 1520. The fourth-order valence-corrected chi connectivity index (χ4v) is 5.17. The van der Waals surface area contributed by atoms with E-state index in [1.54, 1.807) is 29.4 Å². The second-order valence-electron chi connectivity index (χ2n) is 10.9. The second kappa shape index (κ2) is 9.85. The van der Waals surface area contributed by atoms with Crippen molar-refractivity contribution >= 4 is 46.3 Å². The molecule has 0 bridgehead atoms. The lowest BCUT2D eigenvalue weighted by atomic mass is 10.0. The van der Waals surface area contributed by atoms with Crippen molar-refractivity contribution in [2.24, 2.45) is 12.0 Å². The van der Waals surface area contributed by atoms with E-state index in [4.69, 9.17) is 21.3 Å². The van der Waals surface area contributed by atoms with Crippen molar-refractivity contribution < 1.29 is 9.53 Å². The third kappa shape index (κ3) is 5.12. The summed E-state index contributed by atoms with van der Waals surface area (Å²) in [4.78, 5) is 34.5. The number of benzene rings is 1.